The van der Waals surface area contributed by atoms with Gasteiger partial charge in [-0.15, -0.1) is 23.5 Å². The quantitative estimate of drug-likeness (QED) is 0.628. The molecule has 0 radical (unpaired) electrons. The Kier molecular flexibility index (Phi) is 4.87. The van der Waals surface area contributed by atoms with Gasteiger partial charge in [-0.1, -0.05) is 4.57 Å². The van der Waals surface area contributed by atoms with E-state index in [0.29, 0.717) is 0 Å². The van der Waals surface area contributed by atoms with Crippen LogP contribution in [0.2, 0.25) is 0 Å². The summed E-state index contributed by atoms with van der Waals surface area (Å²) >= 11 is 3.38. The SMILES string of the molecule is CSc1ccc([P+](=O)c2ccc(SC)cc2)cc1. The fourth-order valence-corrected chi connectivity index (χ4v) is 3.54. The molecule has 0 unspecified atom stereocenters. The van der Waals surface area contributed by atoms with Gasteiger partial charge in [-0.2, -0.15) is 0 Å². The fourth-order valence-electron chi connectivity index (χ4n) is 1.58. The van der Waals surface area contributed by atoms with E-state index in [1.165, 1.54) is 9.79 Å². The molecule has 2 aromatic carbocycles. The second-order valence-corrected chi connectivity index (χ2v) is 7.07. The lowest BCUT2D eigenvalue weighted by atomic mass is 10.4. The Balaban J connectivity index is 2.23. The van der Waals surface area contributed by atoms with E-state index in [9.17, 15) is 4.57 Å². The normalized spacial score (nSPS) is 10.3. The molecular formula is C14H14OPS2+. The Morgan fingerprint density at radius 3 is 1.33 bits per heavy atom. The summed E-state index contributed by atoms with van der Waals surface area (Å²) in [5, 5.41) is 1.78. The molecule has 0 saturated heterocycles. The molecule has 0 fully saturated rings. The molecule has 0 heterocycles. The zero-order valence-corrected chi connectivity index (χ0v) is 12.8. The highest BCUT2D eigenvalue weighted by Gasteiger charge is 2.22. The monoisotopic (exact) mass is 293 g/mol. The van der Waals surface area contributed by atoms with Crippen molar-refractivity contribution in [3.05, 3.63) is 48.5 Å². The van der Waals surface area contributed by atoms with E-state index in [2.05, 4.69) is 0 Å². The molecule has 0 aliphatic heterocycles. The Labute approximate surface area is 117 Å². The Morgan fingerprint density at radius 2 is 1.06 bits per heavy atom. The predicted molar refractivity (Wildman–Crippen MR) is 83.3 cm³/mol. The number of thioether (sulfide) groups is 2. The molecule has 0 saturated carbocycles. The first-order chi connectivity index (χ1) is 8.74. The van der Waals surface area contributed by atoms with Gasteiger partial charge in [0.15, 0.2) is 10.6 Å². The standard InChI is InChI=1S/C14H14OPS2/c1-17-13-7-3-11(4-8-13)16(15)12-5-9-14(18-2)10-6-12/h3-10H,1-2H3/q+1. The maximum atomic E-state index is 12.4. The van der Waals surface area contributed by atoms with Crippen LogP contribution in [0.5, 0.6) is 0 Å². The third kappa shape index (κ3) is 3.17. The van der Waals surface area contributed by atoms with E-state index in [-0.39, 0.29) is 0 Å². The van der Waals surface area contributed by atoms with Crippen molar-refractivity contribution >= 4 is 41.9 Å². The van der Waals surface area contributed by atoms with Crippen LogP contribution in [-0.2, 0) is 4.57 Å². The number of hydrogen-bond donors (Lipinski definition) is 0. The maximum Gasteiger partial charge on any atom is 0.415 e. The summed E-state index contributed by atoms with van der Waals surface area (Å²) in [7, 11) is -1.47. The van der Waals surface area contributed by atoms with Gasteiger partial charge in [0.05, 0.1) is 0 Å². The van der Waals surface area contributed by atoms with Crippen molar-refractivity contribution < 1.29 is 4.57 Å². The summed E-state index contributed by atoms with van der Waals surface area (Å²) in [4.78, 5) is 2.39. The number of hydrogen-bond acceptors (Lipinski definition) is 3. The lowest BCUT2D eigenvalue weighted by Crippen LogP contribution is -2.05. The molecule has 18 heavy (non-hydrogen) atoms. The number of rotatable bonds is 4. The highest BCUT2D eigenvalue weighted by molar-refractivity contribution is 7.98. The molecular weight excluding hydrogens is 279 g/mol. The minimum atomic E-state index is -1.47. The van der Waals surface area contributed by atoms with Gasteiger partial charge in [0.2, 0.25) is 0 Å². The van der Waals surface area contributed by atoms with E-state index in [1.54, 1.807) is 23.5 Å². The van der Waals surface area contributed by atoms with Crippen LogP contribution in [0, 0.1) is 0 Å². The van der Waals surface area contributed by atoms with Crippen molar-refractivity contribution in [2.75, 3.05) is 12.5 Å². The van der Waals surface area contributed by atoms with Gasteiger partial charge in [0, 0.05) is 9.79 Å². The molecule has 0 atom stereocenters. The van der Waals surface area contributed by atoms with Gasteiger partial charge < -0.3 is 0 Å². The van der Waals surface area contributed by atoms with E-state index in [1.807, 2.05) is 61.0 Å². The van der Waals surface area contributed by atoms with E-state index in [0.717, 1.165) is 10.6 Å². The zero-order chi connectivity index (χ0) is 13.0. The van der Waals surface area contributed by atoms with Crippen molar-refractivity contribution in [3.63, 3.8) is 0 Å². The highest BCUT2D eigenvalue weighted by Crippen LogP contribution is 2.23. The lowest BCUT2D eigenvalue weighted by molar-refractivity contribution is 0.598. The van der Waals surface area contributed by atoms with Crippen LogP contribution in [-0.4, -0.2) is 12.5 Å². The summed E-state index contributed by atoms with van der Waals surface area (Å²) in [6.45, 7) is 0. The summed E-state index contributed by atoms with van der Waals surface area (Å²) in [5.74, 6) is 0. The second kappa shape index (κ2) is 6.42. The van der Waals surface area contributed by atoms with Crippen molar-refractivity contribution in [1.82, 2.24) is 0 Å². The molecule has 4 heteroatoms. The largest absolute Gasteiger partial charge is 0.415 e. The smallest absolute Gasteiger partial charge is 0.130 e. The van der Waals surface area contributed by atoms with Crippen LogP contribution in [0.3, 0.4) is 0 Å². The molecule has 0 aliphatic rings. The van der Waals surface area contributed by atoms with Gasteiger partial charge in [-0.05, 0) is 61.0 Å². The van der Waals surface area contributed by atoms with Crippen LogP contribution >= 0.6 is 31.3 Å². The van der Waals surface area contributed by atoms with Crippen molar-refractivity contribution in [2.24, 2.45) is 0 Å². The molecule has 0 spiro atoms. The van der Waals surface area contributed by atoms with Crippen LogP contribution in [0.15, 0.2) is 58.3 Å². The third-order valence-electron chi connectivity index (χ3n) is 2.61. The first-order valence-electron chi connectivity index (χ1n) is 5.50. The highest BCUT2D eigenvalue weighted by atomic mass is 32.2. The summed E-state index contributed by atoms with van der Waals surface area (Å²) in [6, 6.07) is 15.9. The molecule has 2 rings (SSSR count). The Hall–Kier alpha value is -0.760. The molecule has 0 aliphatic carbocycles. The van der Waals surface area contributed by atoms with Gasteiger partial charge in [0.25, 0.3) is 0 Å². The first-order valence-corrected chi connectivity index (χ1v) is 9.21. The lowest BCUT2D eigenvalue weighted by Gasteiger charge is -1.95. The van der Waals surface area contributed by atoms with Gasteiger partial charge >= 0.3 is 7.80 Å². The predicted octanol–water partition coefficient (Wildman–Crippen LogP) is 3.91. The fraction of sp³-hybridized carbons (Fsp3) is 0.143. The van der Waals surface area contributed by atoms with E-state index in [4.69, 9.17) is 0 Å². The van der Waals surface area contributed by atoms with Gasteiger partial charge in [-0.25, -0.2) is 0 Å². The molecule has 1 nitrogen and oxygen atoms in total. The van der Waals surface area contributed by atoms with Crippen LogP contribution in [0.1, 0.15) is 0 Å². The topological polar surface area (TPSA) is 17.1 Å². The third-order valence-corrected chi connectivity index (χ3v) is 5.64. The Bertz CT molecular complexity index is 485. The molecule has 0 amide bonds. The van der Waals surface area contributed by atoms with E-state index >= 15 is 0 Å². The molecule has 0 bridgehead atoms. The van der Waals surface area contributed by atoms with Crippen LogP contribution < -0.4 is 10.6 Å². The zero-order valence-electron chi connectivity index (χ0n) is 10.3. The summed E-state index contributed by atoms with van der Waals surface area (Å²) in [6.07, 6.45) is 4.08. The summed E-state index contributed by atoms with van der Waals surface area (Å²) < 4.78 is 12.4. The molecule has 0 aromatic heterocycles. The molecule has 2 aromatic rings. The van der Waals surface area contributed by atoms with Gasteiger partial charge in [-0.3, -0.25) is 0 Å². The maximum absolute atomic E-state index is 12.4. The Morgan fingerprint density at radius 1 is 0.722 bits per heavy atom. The van der Waals surface area contributed by atoms with Crippen molar-refractivity contribution in [3.8, 4) is 0 Å². The molecule has 0 N–H and O–H groups in total. The van der Waals surface area contributed by atoms with Crippen LogP contribution in [0.4, 0.5) is 0 Å². The minimum absolute atomic E-state index is 0.889. The molecule has 92 valence electrons. The van der Waals surface area contributed by atoms with Gasteiger partial charge in [0.1, 0.15) is 0 Å². The number of benzene rings is 2. The van der Waals surface area contributed by atoms with Crippen molar-refractivity contribution in [1.29, 1.82) is 0 Å². The average Bonchev–Trinajstić information content (AvgIpc) is 2.47. The van der Waals surface area contributed by atoms with E-state index < -0.39 is 7.80 Å². The first kappa shape index (κ1) is 13.7. The second-order valence-electron chi connectivity index (χ2n) is 3.69. The minimum Gasteiger partial charge on any atom is -0.130 e. The van der Waals surface area contributed by atoms with Crippen molar-refractivity contribution in [2.45, 2.75) is 9.79 Å². The van der Waals surface area contributed by atoms with Crippen LogP contribution in [0.25, 0.3) is 0 Å². The summed E-state index contributed by atoms with van der Waals surface area (Å²) in [5.41, 5.74) is 0. The average molecular weight is 293 g/mol.